The van der Waals surface area contributed by atoms with Crippen molar-refractivity contribution in [2.45, 2.75) is 26.2 Å². The number of benzene rings is 2. The first-order valence-corrected chi connectivity index (χ1v) is 11.0. The van der Waals surface area contributed by atoms with Crippen LogP contribution in [0.2, 0.25) is 0 Å². The average molecular weight is 452 g/mol. The summed E-state index contributed by atoms with van der Waals surface area (Å²) >= 11 is 0. The summed E-state index contributed by atoms with van der Waals surface area (Å²) in [5.41, 5.74) is 7.44. The maximum atomic E-state index is 11.1. The second kappa shape index (κ2) is 10.1. The number of hydrogen-bond acceptors (Lipinski definition) is 5. The first-order valence-electron chi connectivity index (χ1n) is 11.0. The summed E-state index contributed by atoms with van der Waals surface area (Å²) in [5, 5.41) is 22.6. The van der Waals surface area contributed by atoms with E-state index in [0.29, 0.717) is 12.1 Å². The number of nitrogens with zero attached hydrogens (tertiary/aromatic N) is 3. The monoisotopic (exact) mass is 451 g/mol. The molecule has 0 amide bonds. The van der Waals surface area contributed by atoms with Gasteiger partial charge in [-0.05, 0) is 66.4 Å². The quantitative estimate of drug-likeness (QED) is 0.208. The molecule has 0 saturated heterocycles. The minimum atomic E-state index is -0.943. The number of hydrogen-bond donors (Lipinski definition) is 2. The van der Waals surface area contributed by atoms with E-state index in [-0.39, 0.29) is 11.5 Å². The number of oxime groups is 1. The molecule has 0 fully saturated rings. The molecule has 4 rings (SSSR count). The topological polar surface area (TPSA) is 95.7 Å². The number of carbonyl (C=O) groups is 1. The minimum absolute atomic E-state index is 0.121. The van der Waals surface area contributed by atoms with Crippen molar-refractivity contribution >= 4 is 11.7 Å². The third kappa shape index (κ3) is 5.02. The Morgan fingerprint density at radius 2 is 1.56 bits per heavy atom. The van der Waals surface area contributed by atoms with Gasteiger partial charge in [0.05, 0.1) is 17.0 Å². The zero-order chi connectivity index (χ0) is 24.1. The molecule has 6 nitrogen and oxygen atoms in total. The van der Waals surface area contributed by atoms with Crippen LogP contribution in [0.5, 0.6) is 0 Å². The Labute approximate surface area is 198 Å². The molecule has 2 heterocycles. The van der Waals surface area contributed by atoms with E-state index in [1.54, 1.807) is 36.7 Å². The molecule has 0 aliphatic heterocycles. The van der Waals surface area contributed by atoms with Gasteiger partial charge in [-0.15, -0.1) is 0 Å². The molecule has 170 valence electrons. The fraction of sp³-hybridized carbons (Fsp3) is 0.143. The molecule has 0 bridgehead atoms. The number of rotatable bonds is 7. The van der Waals surface area contributed by atoms with Gasteiger partial charge in [0.2, 0.25) is 0 Å². The Bertz CT molecular complexity index is 1330. The van der Waals surface area contributed by atoms with Gasteiger partial charge < -0.3 is 10.3 Å². The highest BCUT2D eigenvalue weighted by atomic mass is 16.4. The van der Waals surface area contributed by atoms with E-state index in [1.807, 2.05) is 62.4 Å². The number of aromatic nitrogens is 2. The summed E-state index contributed by atoms with van der Waals surface area (Å²) < 4.78 is 0. The molecular formula is C28H25N3O3. The average Bonchev–Trinajstić information content (AvgIpc) is 2.86. The lowest BCUT2D eigenvalue weighted by Crippen LogP contribution is -2.13. The van der Waals surface area contributed by atoms with Crippen molar-refractivity contribution in [3.05, 3.63) is 119 Å². The molecule has 6 heteroatoms. The van der Waals surface area contributed by atoms with Gasteiger partial charge in [-0.3, -0.25) is 9.97 Å². The fourth-order valence-electron chi connectivity index (χ4n) is 4.08. The van der Waals surface area contributed by atoms with Gasteiger partial charge >= 0.3 is 5.97 Å². The zero-order valence-corrected chi connectivity index (χ0v) is 19.0. The molecule has 0 saturated carbocycles. The highest BCUT2D eigenvalue weighted by molar-refractivity contribution is 6.01. The second-order valence-electron chi connectivity index (χ2n) is 8.20. The zero-order valence-electron chi connectivity index (χ0n) is 19.0. The molecule has 4 aromatic rings. The van der Waals surface area contributed by atoms with Gasteiger partial charge in [0, 0.05) is 36.0 Å². The maximum Gasteiger partial charge on any atom is 0.335 e. The van der Waals surface area contributed by atoms with Crippen LogP contribution in [0.4, 0.5) is 0 Å². The SMILES string of the molecule is Cc1cc(/C(CC(c2ccc(-c3ccc(C(=O)O)cc3)cc2)c2ncccc2C)=N\O)ccn1. The van der Waals surface area contributed by atoms with Crippen LogP contribution in [0.3, 0.4) is 0 Å². The summed E-state index contributed by atoms with van der Waals surface area (Å²) in [4.78, 5) is 20.0. The van der Waals surface area contributed by atoms with Gasteiger partial charge in [-0.2, -0.15) is 0 Å². The first kappa shape index (κ1) is 22.9. The molecule has 2 N–H and O–H groups in total. The summed E-state index contributed by atoms with van der Waals surface area (Å²) in [6, 6.07) is 22.6. The molecule has 34 heavy (non-hydrogen) atoms. The number of aryl methyl sites for hydroxylation is 2. The molecule has 0 aliphatic carbocycles. The van der Waals surface area contributed by atoms with Crippen molar-refractivity contribution in [3.8, 4) is 11.1 Å². The highest BCUT2D eigenvalue weighted by Gasteiger charge is 2.22. The maximum absolute atomic E-state index is 11.1. The normalized spacial score (nSPS) is 12.4. The predicted octanol–water partition coefficient (Wildman–Crippen LogP) is 5.86. The molecule has 0 aliphatic rings. The van der Waals surface area contributed by atoms with Gasteiger partial charge in [-0.1, -0.05) is 47.6 Å². The van der Waals surface area contributed by atoms with Crippen LogP contribution in [0.1, 0.15) is 50.8 Å². The first-order chi connectivity index (χ1) is 16.5. The molecule has 2 aromatic heterocycles. The largest absolute Gasteiger partial charge is 0.478 e. The Balaban J connectivity index is 1.69. The van der Waals surface area contributed by atoms with Crippen molar-refractivity contribution in [1.82, 2.24) is 9.97 Å². The Hall–Kier alpha value is -4.32. The minimum Gasteiger partial charge on any atom is -0.478 e. The highest BCUT2D eigenvalue weighted by Crippen LogP contribution is 2.32. The van der Waals surface area contributed by atoms with E-state index in [2.05, 4.69) is 15.1 Å². The number of carboxylic acid groups (broad SMARTS) is 1. The summed E-state index contributed by atoms with van der Waals surface area (Å²) in [6.07, 6.45) is 3.95. The standard InChI is InChI=1S/C28H25N3O3/c1-18-4-3-14-30-27(18)25(17-26(31-34)24-13-15-29-19(2)16-24)22-9-5-20(6-10-22)21-7-11-23(12-8-21)28(32)33/h3-16,25,34H,17H2,1-2H3,(H,32,33)/b31-26-. The van der Waals surface area contributed by atoms with Crippen molar-refractivity contribution in [2.24, 2.45) is 5.16 Å². The number of pyridine rings is 2. The molecule has 2 aromatic carbocycles. The molecule has 1 atom stereocenters. The lowest BCUT2D eigenvalue weighted by molar-refractivity contribution is 0.0697. The number of carboxylic acids is 1. The van der Waals surface area contributed by atoms with Gasteiger partial charge in [0.25, 0.3) is 0 Å². The predicted molar refractivity (Wildman–Crippen MR) is 132 cm³/mol. The van der Waals surface area contributed by atoms with Crippen LogP contribution >= 0.6 is 0 Å². The van der Waals surface area contributed by atoms with Crippen LogP contribution in [-0.4, -0.2) is 32.0 Å². The van der Waals surface area contributed by atoms with Crippen molar-refractivity contribution in [2.75, 3.05) is 0 Å². The van der Waals surface area contributed by atoms with E-state index in [1.165, 1.54) is 0 Å². The van der Waals surface area contributed by atoms with Crippen molar-refractivity contribution < 1.29 is 15.1 Å². The molecule has 0 radical (unpaired) electrons. The van der Waals surface area contributed by atoms with Crippen LogP contribution in [-0.2, 0) is 0 Å². The second-order valence-corrected chi connectivity index (χ2v) is 8.20. The Morgan fingerprint density at radius 1 is 0.882 bits per heavy atom. The van der Waals surface area contributed by atoms with Crippen LogP contribution in [0.25, 0.3) is 11.1 Å². The summed E-state index contributed by atoms with van der Waals surface area (Å²) in [7, 11) is 0. The molecular weight excluding hydrogens is 426 g/mol. The third-order valence-corrected chi connectivity index (χ3v) is 5.91. The van der Waals surface area contributed by atoms with Crippen LogP contribution in [0, 0.1) is 13.8 Å². The van der Waals surface area contributed by atoms with Gasteiger partial charge in [0.15, 0.2) is 0 Å². The molecule has 1 unspecified atom stereocenters. The van der Waals surface area contributed by atoms with Gasteiger partial charge in [-0.25, -0.2) is 4.79 Å². The van der Waals surface area contributed by atoms with E-state index >= 15 is 0 Å². The van der Waals surface area contributed by atoms with E-state index in [4.69, 9.17) is 5.11 Å². The number of aromatic carboxylic acids is 1. The van der Waals surface area contributed by atoms with Crippen LogP contribution in [0.15, 0.2) is 90.3 Å². The Kier molecular flexibility index (Phi) is 6.78. The Morgan fingerprint density at radius 3 is 2.15 bits per heavy atom. The smallest absolute Gasteiger partial charge is 0.335 e. The van der Waals surface area contributed by atoms with Gasteiger partial charge in [0.1, 0.15) is 0 Å². The van der Waals surface area contributed by atoms with E-state index in [9.17, 15) is 10.0 Å². The van der Waals surface area contributed by atoms with E-state index < -0.39 is 5.97 Å². The third-order valence-electron chi connectivity index (χ3n) is 5.91. The lowest BCUT2D eigenvalue weighted by Gasteiger charge is -2.20. The fourth-order valence-corrected chi connectivity index (χ4v) is 4.08. The van der Waals surface area contributed by atoms with Crippen LogP contribution < -0.4 is 0 Å². The van der Waals surface area contributed by atoms with Crippen molar-refractivity contribution in [3.63, 3.8) is 0 Å². The van der Waals surface area contributed by atoms with E-state index in [0.717, 1.165) is 39.2 Å². The summed E-state index contributed by atoms with van der Waals surface area (Å²) in [5.74, 6) is -1.06. The lowest BCUT2D eigenvalue weighted by atomic mass is 9.86. The summed E-state index contributed by atoms with van der Waals surface area (Å²) in [6.45, 7) is 3.93. The van der Waals surface area contributed by atoms with Crippen molar-refractivity contribution in [1.29, 1.82) is 0 Å². The molecule has 0 spiro atoms.